The largest absolute Gasteiger partial charge is 0.497 e. The number of hydrogen-bond donors (Lipinski definition) is 2. The van der Waals surface area contributed by atoms with E-state index in [1.165, 1.54) is 0 Å². The summed E-state index contributed by atoms with van der Waals surface area (Å²) in [5.41, 5.74) is 3.92. The minimum absolute atomic E-state index is 0.276. The molecular weight excluding hydrogens is 314 g/mol. The maximum atomic E-state index is 12.4. The molecule has 0 spiro atoms. The van der Waals surface area contributed by atoms with E-state index in [4.69, 9.17) is 4.74 Å². The molecule has 0 atom stereocenters. The van der Waals surface area contributed by atoms with E-state index in [9.17, 15) is 4.79 Å². The van der Waals surface area contributed by atoms with Crippen molar-refractivity contribution >= 4 is 23.0 Å². The van der Waals surface area contributed by atoms with Crippen LogP contribution in [0.15, 0.2) is 66.9 Å². The van der Waals surface area contributed by atoms with Crippen LogP contribution in [0.1, 0.15) is 16.1 Å². The van der Waals surface area contributed by atoms with E-state index in [1.807, 2.05) is 49.4 Å². The average molecular weight is 333 g/mol. The van der Waals surface area contributed by atoms with Crippen molar-refractivity contribution in [2.45, 2.75) is 6.92 Å². The summed E-state index contributed by atoms with van der Waals surface area (Å²) in [7, 11) is 1.59. The van der Waals surface area contributed by atoms with Gasteiger partial charge < -0.3 is 15.4 Å². The number of para-hydroxylation sites is 1. The van der Waals surface area contributed by atoms with Crippen molar-refractivity contribution in [3.63, 3.8) is 0 Å². The maximum absolute atomic E-state index is 12.4. The standard InChI is InChI=1S/C20H19N3O2/c1-14-6-3-4-9-18(14)22-16-10-11-21-19(13-16)20(24)23-15-7-5-8-17(12-15)25-2/h3-13H,1-2H3,(H,21,22)(H,23,24). The van der Waals surface area contributed by atoms with Gasteiger partial charge in [0.2, 0.25) is 0 Å². The third-order valence-corrected chi connectivity index (χ3v) is 3.74. The predicted octanol–water partition coefficient (Wildman–Crippen LogP) is 4.39. The van der Waals surface area contributed by atoms with Gasteiger partial charge in [0.25, 0.3) is 5.91 Å². The lowest BCUT2D eigenvalue weighted by Gasteiger charge is -2.11. The van der Waals surface area contributed by atoms with Gasteiger partial charge in [-0.1, -0.05) is 24.3 Å². The summed E-state index contributed by atoms with van der Waals surface area (Å²) >= 11 is 0. The minimum Gasteiger partial charge on any atom is -0.497 e. The van der Waals surface area contributed by atoms with Gasteiger partial charge in [-0.05, 0) is 42.8 Å². The summed E-state index contributed by atoms with van der Waals surface area (Å²) in [5.74, 6) is 0.405. The molecule has 5 nitrogen and oxygen atoms in total. The summed E-state index contributed by atoms with van der Waals surface area (Å²) in [6.07, 6.45) is 1.61. The number of hydrogen-bond acceptors (Lipinski definition) is 4. The molecule has 3 rings (SSSR count). The number of methoxy groups -OCH3 is 1. The van der Waals surface area contributed by atoms with Gasteiger partial charge in [0.05, 0.1) is 7.11 Å². The fourth-order valence-corrected chi connectivity index (χ4v) is 2.40. The van der Waals surface area contributed by atoms with E-state index in [-0.39, 0.29) is 5.91 Å². The Balaban J connectivity index is 1.76. The summed E-state index contributed by atoms with van der Waals surface area (Å²) in [6.45, 7) is 2.03. The molecule has 1 heterocycles. The number of benzene rings is 2. The SMILES string of the molecule is COc1cccc(NC(=O)c2cc(Nc3ccccc3C)ccn2)c1. The highest BCUT2D eigenvalue weighted by Gasteiger charge is 2.09. The predicted molar refractivity (Wildman–Crippen MR) is 99.6 cm³/mol. The van der Waals surface area contributed by atoms with Crippen molar-refractivity contribution in [1.29, 1.82) is 0 Å². The molecule has 0 radical (unpaired) electrons. The van der Waals surface area contributed by atoms with Crippen LogP contribution in [-0.4, -0.2) is 18.0 Å². The molecule has 2 aromatic carbocycles. The highest BCUT2D eigenvalue weighted by atomic mass is 16.5. The van der Waals surface area contributed by atoms with E-state index in [2.05, 4.69) is 15.6 Å². The first kappa shape index (κ1) is 16.5. The van der Waals surface area contributed by atoms with Crippen LogP contribution in [0.5, 0.6) is 5.75 Å². The molecule has 25 heavy (non-hydrogen) atoms. The first-order valence-corrected chi connectivity index (χ1v) is 7.90. The number of carbonyl (C=O) groups is 1. The number of ether oxygens (including phenoxy) is 1. The van der Waals surface area contributed by atoms with Crippen molar-refractivity contribution in [3.05, 3.63) is 78.1 Å². The van der Waals surface area contributed by atoms with E-state index < -0.39 is 0 Å². The van der Waals surface area contributed by atoms with Crippen LogP contribution in [0.25, 0.3) is 0 Å². The van der Waals surface area contributed by atoms with Gasteiger partial charge in [-0.3, -0.25) is 9.78 Å². The second kappa shape index (κ2) is 7.49. The quantitative estimate of drug-likeness (QED) is 0.727. The lowest BCUT2D eigenvalue weighted by Crippen LogP contribution is -2.13. The van der Waals surface area contributed by atoms with Crippen LogP contribution in [0.3, 0.4) is 0 Å². The average Bonchev–Trinajstić information content (AvgIpc) is 2.64. The topological polar surface area (TPSA) is 63.2 Å². The first-order valence-electron chi connectivity index (χ1n) is 7.90. The van der Waals surface area contributed by atoms with Crippen molar-refractivity contribution in [3.8, 4) is 5.75 Å². The van der Waals surface area contributed by atoms with E-state index in [0.29, 0.717) is 17.1 Å². The summed E-state index contributed by atoms with van der Waals surface area (Å²) < 4.78 is 5.16. The van der Waals surface area contributed by atoms with Crippen LogP contribution >= 0.6 is 0 Å². The molecule has 0 unspecified atom stereocenters. The molecular formula is C20H19N3O2. The number of amides is 1. The molecule has 5 heteroatoms. The molecule has 0 aliphatic rings. The Labute approximate surface area is 146 Å². The number of nitrogens with zero attached hydrogens (tertiary/aromatic N) is 1. The molecule has 0 fully saturated rings. The van der Waals surface area contributed by atoms with Gasteiger partial charge in [0, 0.05) is 29.3 Å². The summed E-state index contributed by atoms with van der Waals surface area (Å²) in [6, 6.07) is 18.7. The monoisotopic (exact) mass is 333 g/mol. The van der Waals surface area contributed by atoms with Crippen LogP contribution < -0.4 is 15.4 Å². The number of aryl methyl sites for hydroxylation is 1. The van der Waals surface area contributed by atoms with Gasteiger partial charge in [-0.25, -0.2) is 0 Å². The van der Waals surface area contributed by atoms with Gasteiger partial charge in [-0.15, -0.1) is 0 Å². The Morgan fingerprint density at radius 2 is 1.84 bits per heavy atom. The number of carbonyl (C=O) groups excluding carboxylic acids is 1. The third-order valence-electron chi connectivity index (χ3n) is 3.74. The van der Waals surface area contributed by atoms with Gasteiger partial charge >= 0.3 is 0 Å². The Morgan fingerprint density at radius 3 is 2.64 bits per heavy atom. The maximum Gasteiger partial charge on any atom is 0.274 e. The highest BCUT2D eigenvalue weighted by molar-refractivity contribution is 6.03. The van der Waals surface area contributed by atoms with Crippen molar-refractivity contribution < 1.29 is 9.53 Å². The van der Waals surface area contributed by atoms with E-state index >= 15 is 0 Å². The Bertz CT molecular complexity index is 893. The Hall–Kier alpha value is -3.34. The van der Waals surface area contributed by atoms with Gasteiger partial charge in [0.1, 0.15) is 11.4 Å². The fraction of sp³-hybridized carbons (Fsp3) is 0.100. The highest BCUT2D eigenvalue weighted by Crippen LogP contribution is 2.21. The molecule has 0 bridgehead atoms. The number of nitrogens with one attached hydrogen (secondary N) is 2. The number of rotatable bonds is 5. The van der Waals surface area contributed by atoms with Gasteiger partial charge in [0.15, 0.2) is 0 Å². The molecule has 0 aliphatic heterocycles. The second-order valence-electron chi connectivity index (χ2n) is 5.56. The van der Waals surface area contributed by atoms with Crippen molar-refractivity contribution in [1.82, 2.24) is 4.98 Å². The van der Waals surface area contributed by atoms with Crippen molar-refractivity contribution in [2.24, 2.45) is 0 Å². The van der Waals surface area contributed by atoms with Crippen LogP contribution in [-0.2, 0) is 0 Å². The van der Waals surface area contributed by atoms with Crippen LogP contribution in [0.4, 0.5) is 17.1 Å². The molecule has 0 saturated heterocycles. The summed E-state index contributed by atoms with van der Waals surface area (Å²) in [5, 5.41) is 6.14. The second-order valence-corrected chi connectivity index (χ2v) is 5.56. The van der Waals surface area contributed by atoms with E-state index in [1.54, 1.807) is 31.5 Å². The Morgan fingerprint density at radius 1 is 1.00 bits per heavy atom. The molecule has 0 saturated carbocycles. The van der Waals surface area contributed by atoms with Gasteiger partial charge in [-0.2, -0.15) is 0 Å². The molecule has 1 aromatic heterocycles. The normalized spacial score (nSPS) is 10.2. The Kier molecular flexibility index (Phi) is 4.95. The van der Waals surface area contributed by atoms with E-state index in [0.717, 1.165) is 16.9 Å². The molecule has 0 aliphatic carbocycles. The first-order chi connectivity index (χ1) is 12.2. The zero-order chi connectivity index (χ0) is 17.6. The molecule has 2 N–H and O–H groups in total. The van der Waals surface area contributed by atoms with Crippen LogP contribution in [0, 0.1) is 6.92 Å². The molecule has 126 valence electrons. The zero-order valence-corrected chi connectivity index (χ0v) is 14.1. The number of anilines is 3. The number of aromatic nitrogens is 1. The number of pyridine rings is 1. The van der Waals surface area contributed by atoms with Crippen molar-refractivity contribution in [2.75, 3.05) is 17.7 Å². The molecule has 3 aromatic rings. The smallest absolute Gasteiger partial charge is 0.274 e. The summed E-state index contributed by atoms with van der Waals surface area (Å²) in [4.78, 5) is 16.6. The zero-order valence-electron chi connectivity index (χ0n) is 14.1. The van der Waals surface area contributed by atoms with Crippen LogP contribution in [0.2, 0.25) is 0 Å². The third kappa shape index (κ3) is 4.14. The molecule has 1 amide bonds. The minimum atomic E-state index is -0.276. The lowest BCUT2D eigenvalue weighted by molar-refractivity contribution is 0.102. The fourth-order valence-electron chi connectivity index (χ4n) is 2.40. The lowest BCUT2D eigenvalue weighted by atomic mass is 10.2.